The number of benzene rings is 1. The minimum absolute atomic E-state index is 0.0616. The molecule has 0 radical (unpaired) electrons. The van der Waals surface area contributed by atoms with Crippen LogP contribution in [0.1, 0.15) is 47.4 Å². The summed E-state index contributed by atoms with van der Waals surface area (Å²) in [6.45, 7) is 1.90. The van der Waals surface area contributed by atoms with Crippen LogP contribution in [0.2, 0.25) is 0 Å². The van der Waals surface area contributed by atoms with E-state index in [2.05, 4.69) is 28.6 Å². The van der Waals surface area contributed by atoms with Crippen molar-refractivity contribution in [1.29, 1.82) is 0 Å². The predicted octanol–water partition coefficient (Wildman–Crippen LogP) is -0.457. The largest absolute Gasteiger partial charge is 0.465 e. The first-order valence-corrected chi connectivity index (χ1v) is 13.1. The molecule has 0 aliphatic carbocycles. The fourth-order valence-electron chi connectivity index (χ4n) is 3.63. The van der Waals surface area contributed by atoms with Crippen molar-refractivity contribution in [3.05, 3.63) is 35.4 Å². The molecule has 0 unspecified atom stereocenters. The highest BCUT2D eigenvalue weighted by Crippen LogP contribution is 2.23. The molecular formula is C25H31FN4O9S. The molecule has 0 spiro atoms. The number of hydrogen-bond acceptors (Lipinski definition) is 10. The number of hydrogen-bond donors (Lipinski definition) is 4. The molecule has 0 saturated carbocycles. The van der Waals surface area contributed by atoms with Gasteiger partial charge in [0.1, 0.15) is 18.6 Å². The summed E-state index contributed by atoms with van der Waals surface area (Å²) in [7, 11) is 0. The number of carbonyl (C=O) groups is 7. The van der Waals surface area contributed by atoms with Gasteiger partial charge in [0.05, 0.1) is 30.9 Å². The maximum Gasteiger partial charge on any atom is 0.328 e. The Balaban J connectivity index is 1.95. The summed E-state index contributed by atoms with van der Waals surface area (Å²) in [4.78, 5) is 86.5. The van der Waals surface area contributed by atoms with E-state index in [1.54, 1.807) is 19.1 Å². The van der Waals surface area contributed by atoms with E-state index < -0.39 is 72.8 Å². The topological polar surface area (TPSA) is 177 Å². The van der Waals surface area contributed by atoms with Crippen LogP contribution in [-0.2, 0) is 33.4 Å². The van der Waals surface area contributed by atoms with Crippen LogP contribution in [0.5, 0.6) is 0 Å². The van der Waals surface area contributed by atoms with Crippen molar-refractivity contribution in [3.63, 3.8) is 0 Å². The lowest BCUT2D eigenvalue weighted by atomic mass is 10.1. The monoisotopic (exact) mass is 582 g/mol. The minimum atomic E-state index is -2.37. The number of nitrogens with one attached hydrogen (secondary N) is 3. The Kier molecular flexibility index (Phi) is 12.5. The predicted molar refractivity (Wildman–Crippen MR) is 140 cm³/mol. The van der Waals surface area contributed by atoms with Crippen molar-refractivity contribution in [3.8, 4) is 0 Å². The second-order valence-corrected chi connectivity index (χ2v) is 8.78. The molecule has 5 amide bonds. The molecule has 0 fully saturated rings. The van der Waals surface area contributed by atoms with Gasteiger partial charge in [0.2, 0.25) is 11.8 Å². The van der Waals surface area contributed by atoms with Gasteiger partial charge in [0.15, 0.2) is 6.17 Å². The number of rotatable bonds is 15. The lowest BCUT2D eigenvalue weighted by Gasteiger charge is -2.21. The van der Waals surface area contributed by atoms with E-state index in [1.807, 2.05) is 0 Å². The number of imide groups is 1. The highest BCUT2D eigenvalue weighted by Gasteiger charge is 2.38. The summed E-state index contributed by atoms with van der Waals surface area (Å²) in [6, 6.07) is 3.35. The third kappa shape index (κ3) is 8.76. The molecule has 1 aliphatic rings. The SMILES string of the molecule is CCOC(=O)CNC(=O)[C@H](CS)NC(=O)CC[C@H](NC(=O)[C@H](F)CN1C(=O)c2ccccc2C1=O)C(=O)OCC. The number of alkyl halides is 1. The fourth-order valence-corrected chi connectivity index (χ4v) is 3.89. The summed E-state index contributed by atoms with van der Waals surface area (Å²) in [5, 5.41) is 6.85. The fraction of sp³-hybridized carbons (Fsp3) is 0.480. The van der Waals surface area contributed by atoms with Gasteiger partial charge in [-0.2, -0.15) is 12.6 Å². The van der Waals surface area contributed by atoms with E-state index in [0.717, 1.165) is 0 Å². The summed E-state index contributed by atoms with van der Waals surface area (Å²) in [5.41, 5.74) is 0.175. The van der Waals surface area contributed by atoms with Crippen LogP contribution in [0.15, 0.2) is 24.3 Å². The van der Waals surface area contributed by atoms with Crippen LogP contribution >= 0.6 is 12.6 Å². The standard InChI is InChI=1S/C25H31FN4O9S/c1-3-38-20(32)11-27-22(34)18(13-40)28-19(31)10-9-17(25(37)39-4-2)29-21(33)16(26)12-30-23(35)14-7-5-6-8-15(14)24(30)36/h5-8,16-18,40H,3-4,9-13H2,1-2H3,(H,27,34)(H,28,31)(H,29,33)/t16-,17+,18+/m1/s1. The lowest BCUT2D eigenvalue weighted by molar-refractivity contribution is -0.148. The molecule has 3 atom stereocenters. The van der Waals surface area contributed by atoms with Crippen molar-refractivity contribution in [2.75, 3.05) is 32.1 Å². The van der Waals surface area contributed by atoms with E-state index in [9.17, 15) is 38.0 Å². The molecule has 1 heterocycles. The highest BCUT2D eigenvalue weighted by molar-refractivity contribution is 7.80. The number of fused-ring (bicyclic) bond motifs is 1. The Bertz CT molecular complexity index is 1110. The van der Waals surface area contributed by atoms with Gasteiger partial charge in [0, 0.05) is 12.2 Å². The Morgan fingerprint density at radius 3 is 2.08 bits per heavy atom. The van der Waals surface area contributed by atoms with Crippen LogP contribution in [-0.4, -0.2) is 96.7 Å². The minimum Gasteiger partial charge on any atom is -0.465 e. The first-order chi connectivity index (χ1) is 19.0. The number of esters is 2. The van der Waals surface area contributed by atoms with Crippen molar-refractivity contribution in [1.82, 2.24) is 20.9 Å². The van der Waals surface area contributed by atoms with Crippen LogP contribution < -0.4 is 16.0 Å². The van der Waals surface area contributed by atoms with Crippen molar-refractivity contribution in [2.45, 2.75) is 44.9 Å². The first-order valence-electron chi connectivity index (χ1n) is 12.4. The lowest BCUT2D eigenvalue weighted by Crippen LogP contribution is -2.50. The second-order valence-electron chi connectivity index (χ2n) is 8.41. The van der Waals surface area contributed by atoms with Gasteiger partial charge < -0.3 is 25.4 Å². The van der Waals surface area contributed by atoms with Gasteiger partial charge in [-0.25, -0.2) is 9.18 Å². The molecule has 3 N–H and O–H groups in total. The maximum atomic E-state index is 14.8. The van der Waals surface area contributed by atoms with Crippen molar-refractivity contribution >= 4 is 54.1 Å². The van der Waals surface area contributed by atoms with Gasteiger partial charge >= 0.3 is 11.9 Å². The average molecular weight is 583 g/mol. The van der Waals surface area contributed by atoms with E-state index in [-0.39, 0.29) is 42.9 Å². The summed E-state index contributed by atoms with van der Waals surface area (Å²) >= 11 is 4.01. The smallest absolute Gasteiger partial charge is 0.328 e. The molecule has 1 aliphatic heterocycles. The Labute approximate surface area is 234 Å². The van der Waals surface area contributed by atoms with E-state index >= 15 is 0 Å². The average Bonchev–Trinajstić information content (AvgIpc) is 3.17. The van der Waals surface area contributed by atoms with E-state index in [1.165, 1.54) is 19.1 Å². The summed E-state index contributed by atoms with van der Waals surface area (Å²) in [5.74, 6) is -5.89. The molecule has 40 heavy (non-hydrogen) atoms. The number of carbonyl (C=O) groups excluding carboxylic acids is 7. The number of nitrogens with zero attached hydrogens (tertiary/aromatic N) is 1. The number of ether oxygens (including phenoxy) is 2. The Hall–Kier alpha value is -4.01. The molecule has 218 valence electrons. The van der Waals surface area contributed by atoms with Crippen molar-refractivity contribution < 1.29 is 47.4 Å². The second kappa shape index (κ2) is 15.5. The van der Waals surface area contributed by atoms with Crippen LogP contribution in [0.25, 0.3) is 0 Å². The van der Waals surface area contributed by atoms with Gasteiger partial charge in [-0.1, -0.05) is 12.1 Å². The zero-order chi connectivity index (χ0) is 29.8. The molecule has 1 aromatic rings. The molecule has 2 rings (SSSR count). The van der Waals surface area contributed by atoms with Crippen LogP contribution in [0.3, 0.4) is 0 Å². The van der Waals surface area contributed by atoms with Crippen LogP contribution in [0, 0.1) is 0 Å². The molecule has 0 bridgehead atoms. The maximum absolute atomic E-state index is 14.8. The van der Waals surface area contributed by atoms with E-state index in [0.29, 0.717) is 4.90 Å². The zero-order valence-corrected chi connectivity index (χ0v) is 22.8. The Morgan fingerprint density at radius 2 is 1.52 bits per heavy atom. The third-order valence-electron chi connectivity index (χ3n) is 5.60. The van der Waals surface area contributed by atoms with Gasteiger partial charge in [-0.05, 0) is 32.4 Å². The summed E-state index contributed by atoms with van der Waals surface area (Å²) < 4.78 is 24.4. The third-order valence-corrected chi connectivity index (χ3v) is 5.96. The number of amides is 5. The molecule has 0 aromatic heterocycles. The molecule has 0 saturated heterocycles. The Morgan fingerprint density at radius 1 is 0.925 bits per heavy atom. The molecule has 15 heteroatoms. The highest BCUT2D eigenvalue weighted by atomic mass is 32.1. The molecule has 1 aromatic carbocycles. The van der Waals surface area contributed by atoms with Gasteiger partial charge in [0.25, 0.3) is 17.7 Å². The van der Waals surface area contributed by atoms with Crippen LogP contribution in [0.4, 0.5) is 4.39 Å². The molecule has 13 nitrogen and oxygen atoms in total. The zero-order valence-electron chi connectivity index (χ0n) is 21.9. The quantitative estimate of drug-likeness (QED) is 0.121. The van der Waals surface area contributed by atoms with E-state index in [4.69, 9.17) is 9.47 Å². The normalized spacial score (nSPS) is 14.4. The molecular weight excluding hydrogens is 551 g/mol. The van der Waals surface area contributed by atoms with Gasteiger partial charge in [-0.15, -0.1) is 0 Å². The van der Waals surface area contributed by atoms with Gasteiger partial charge in [-0.3, -0.25) is 33.7 Å². The number of halogens is 1. The first kappa shape index (κ1) is 32.2. The summed E-state index contributed by atoms with van der Waals surface area (Å²) in [6.07, 6.45) is -3.07. The number of thiol groups is 1. The van der Waals surface area contributed by atoms with Crippen molar-refractivity contribution in [2.24, 2.45) is 0 Å².